The fraction of sp³-hybridized carbons (Fsp3) is 0.100. The molecule has 1 amide bonds. The number of hydrogen-bond donors (Lipinski definition) is 2. The number of amides is 1. The smallest absolute Gasteiger partial charge is 0.274 e. The number of nitrogens with one attached hydrogen (secondary N) is 2. The summed E-state index contributed by atoms with van der Waals surface area (Å²) in [7, 11) is 3.06. The Balaban J connectivity index is 1.78. The molecule has 0 aliphatic rings. The molecule has 3 rings (SSSR count). The number of hydrogen-bond acceptors (Lipinski definition) is 7. The highest BCUT2D eigenvalue weighted by molar-refractivity contribution is 6.03. The van der Waals surface area contributed by atoms with Gasteiger partial charge in [-0.15, -0.1) is 0 Å². The minimum atomic E-state index is -0.417. The van der Waals surface area contributed by atoms with Crippen LogP contribution in [0.5, 0.6) is 11.5 Å². The van der Waals surface area contributed by atoms with Gasteiger partial charge in [0.1, 0.15) is 17.2 Å². The lowest BCUT2D eigenvalue weighted by molar-refractivity contribution is 0.102. The van der Waals surface area contributed by atoms with Crippen LogP contribution in [0.15, 0.2) is 54.7 Å². The summed E-state index contributed by atoms with van der Waals surface area (Å²) in [5.41, 5.74) is 1.81. The lowest BCUT2D eigenvalue weighted by Gasteiger charge is -2.12. The number of rotatable bonds is 6. The first-order valence-corrected chi connectivity index (χ1v) is 8.26. The first kappa shape index (κ1) is 18.7. The van der Waals surface area contributed by atoms with Gasteiger partial charge >= 0.3 is 0 Å². The number of nitriles is 1. The first-order valence-electron chi connectivity index (χ1n) is 8.26. The summed E-state index contributed by atoms with van der Waals surface area (Å²) >= 11 is 0. The van der Waals surface area contributed by atoms with Crippen LogP contribution in [0.3, 0.4) is 0 Å². The standard InChI is InChI=1S/C20H17N5O3/c1-27-15-6-7-16(18(11-15)28-2)24-19(26)17-8-9-22-20(25-17)23-14-5-3-4-13(10-14)12-21/h3-11H,1-2H3,(H,24,26)(H,22,23,25). The molecule has 140 valence electrons. The van der Waals surface area contributed by atoms with Crippen LogP contribution in [0.1, 0.15) is 16.1 Å². The van der Waals surface area contributed by atoms with Gasteiger partial charge in [-0.3, -0.25) is 4.79 Å². The molecule has 0 bridgehead atoms. The maximum Gasteiger partial charge on any atom is 0.274 e. The van der Waals surface area contributed by atoms with Gasteiger partial charge in [-0.1, -0.05) is 6.07 Å². The Morgan fingerprint density at radius 2 is 1.96 bits per heavy atom. The fourth-order valence-corrected chi connectivity index (χ4v) is 2.43. The Kier molecular flexibility index (Phi) is 5.67. The number of aromatic nitrogens is 2. The lowest BCUT2D eigenvalue weighted by Crippen LogP contribution is -2.15. The third-order valence-corrected chi connectivity index (χ3v) is 3.79. The first-order chi connectivity index (χ1) is 13.6. The molecule has 0 unspecified atom stereocenters. The van der Waals surface area contributed by atoms with Crippen molar-refractivity contribution in [3.05, 3.63) is 66.0 Å². The third kappa shape index (κ3) is 4.34. The Hall–Kier alpha value is -4.12. The fourth-order valence-electron chi connectivity index (χ4n) is 2.43. The molecule has 2 N–H and O–H groups in total. The van der Waals surface area contributed by atoms with Crippen molar-refractivity contribution in [2.75, 3.05) is 24.9 Å². The minimum Gasteiger partial charge on any atom is -0.497 e. The zero-order valence-electron chi connectivity index (χ0n) is 15.3. The Bertz CT molecular complexity index is 1050. The van der Waals surface area contributed by atoms with Gasteiger partial charge in [0.15, 0.2) is 0 Å². The van der Waals surface area contributed by atoms with E-state index in [0.717, 1.165) is 0 Å². The molecule has 0 atom stereocenters. The number of carbonyl (C=O) groups is 1. The highest BCUT2D eigenvalue weighted by atomic mass is 16.5. The topological polar surface area (TPSA) is 109 Å². The third-order valence-electron chi connectivity index (χ3n) is 3.79. The number of carbonyl (C=O) groups excluding carboxylic acids is 1. The highest BCUT2D eigenvalue weighted by Crippen LogP contribution is 2.29. The highest BCUT2D eigenvalue weighted by Gasteiger charge is 2.13. The summed E-state index contributed by atoms with van der Waals surface area (Å²) in [6, 6.07) is 15.5. The monoisotopic (exact) mass is 375 g/mol. The number of methoxy groups -OCH3 is 2. The van der Waals surface area contributed by atoms with Gasteiger partial charge in [0.25, 0.3) is 5.91 Å². The molecule has 0 aliphatic heterocycles. The number of anilines is 3. The van der Waals surface area contributed by atoms with E-state index < -0.39 is 5.91 Å². The number of ether oxygens (including phenoxy) is 2. The Morgan fingerprint density at radius 1 is 1.11 bits per heavy atom. The van der Waals surface area contributed by atoms with Gasteiger partial charge in [0, 0.05) is 18.0 Å². The molecule has 0 aliphatic carbocycles. The van der Waals surface area contributed by atoms with Crippen LogP contribution in [0, 0.1) is 11.3 Å². The summed E-state index contributed by atoms with van der Waals surface area (Å²) in [6.07, 6.45) is 1.48. The number of benzene rings is 2. The summed E-state index contributed by atoms with van der Waals surface area (Å²) in [5, 5.41) is 14.7. The average Bonchev–Trinajstić information content (AvgIpc) is 2.74. The summed E-state index contributed by atoms with van der Waals surface area (Å²) in [5.74, 6) is 0.903. The van der Waals surface area contributed by atoms with E-state index in [4.69, 9.17) is 14.7 Å². The summed E-state index contributed by atoms with van der Waals surface area (Å²) in [4.78, 5) is 20.9. The van der Waals surface area contributed by atoms with Gasteiger partial charge < -0.3 is 20.1 Å². The van der Waals surface area contributed by atoms with Gasteiger partial charge in [-0.2, -0.15) is 5.26 Å². The summed E-state index contributed by atoms with van der Waals surface area (Å²) < 4.78 is 10.4. The van der Waals surface area contributed by atoms with Crippen molar-refractivity contribution in [1.29, 1.82) is 5.26 Å². The molecule has 1 aromatic heterocycles. The maximum absolute atomic E-state index is 12.6. The molecule has 0 saturated heterocycles. The predicted octanol–water partition coefficient (Wildman–Crippen LogP) is 3.36. The molecule has 2 aromatic carbocycles. The van der Waals surface area contributed by atoms with Crippen LogP contribution in [0.2, 0.25) is 0 Å². The molecule has 0 spiro atoms. The van der Waals surface area contributed by atoms with Crippen LogP contribution in [0.25, 0.3) is 0 Å². The van der Waals surface area contributed by atoms with E-state index in [0.29, 0.717) is 28.4 Å². The van der Waals surface area contributed by atoms with E-state index in [1.54, 1.807) is 49.6 Å². The van der Waals surface area contributed by atoms with Crippen molar-refractivity contribution in [2.45, 2.75) is 0 Å². The SMILES string of the molecule is COc1ccc(NC(=O)c2ccnc(Nc3cccc(C#N)c3)n2)c(OC)c1. The van der Waals surface area contributed by atoms with Gasteiger partial charge in [-0.25, -0.2) is 9.97 Å². The van der Waals surface area contributed by atoms with Crippen LogP contribution in [0.4, 0.5) is 17.3 Å². The molecule has 0 fully saturated rings. The van der Waals surface area contributed by atoms with Crippen molar-refractivity contribution in [3.8, 4) is 17.6 Å². The zero-order valence-corrected chi connectivity index (χ0v) is 15.3. The van der Waals surface area contributed by atoms with E-state index >= 15 is 0 Å². The lowest BCUT2D eigenvalue weighted by atomic mass is 10.2. The minimum absolute atomic E-state index is 0.173. The molecule has 0 saturated carbocycles. The number of nitrogens with zero attached hydrogens (tertiary/aromatic N) is 3. The quantitative estimate of drug-likeness (QED) is 0.680. The van der Waals surface area contributed by atoms with Gasteiger partial charge in [-0.05, 0) is 36.4 Å². The van der Waals surface area contributed by atoms with Crippen LogP contribution in [-0.4, -0.2) is 30.1 Å². The molecule has 8 nitrogen and oxygen atoms in total. The largest absolute Gasteiger partial charge is 0.497 e. The van der Waals surface area contributed by atoms with Gasteiger partial charge in [0.05, 0.1) is 31.5 Å². The van der Waals surface area contributed by atoms with Crippen molar-refractivity contribution in [1.82, 2.24) is 9.97 Å². The molecular weight excluding hydrogens is 358 g/mol. The molecule has 0 radical (unpaired) electrons. The maximum atomic E-state index is 12.6. The molecular formula is C20H17N5O3. The van der Waals surface area contributed by atoms with Crippen LogP contribution < -0.4 is 20.1 Å². The van der Waals surface area contributed by atoms with Crippen LogP contribution >= 0.6 is 0 Å². The summed E-state index contributed by atoms with van der Waals surface area (Å²) in [6.45, 7) is 0. The van der Waals surface area contributed by atoms with Crippen molar-refractivity contribution in [2.24, 2.45) is 0 Å². The average molecular weight is 375 g/mol. The second kappa shape index (κ2) is 8.51. The molecule has 3 aromatic rings. The molecule has 28 heavy (non-hydrogen) atoms. The Morgan fingerprint density at radius 3 is 2.71 bits per heavy atom. The predicted molar refractivity (Wildman–Crippen MR) is 104 cm³/mol. The second-order valence-corrected chi connectivity index (χ2v) is 5.60. The van der Waals surface area contributed by atoms with Crippen molar-refractivity contribution >= 4 is 23.2 Å². The van der Waals surface area contributed by atoms with Crippen molar-refractivity contribution in [3.63, 3.8) is 0 Å². The van der Waals surface area contributed by atoms with E-state index in [9.17, 15) is 4.79 Å². The van der Waals surface area contributed by atoms with E-state index in [-0.39, 0.29) is 11.6 Å². The molecule has 8 heteroatoms. The van der Waals surface area contributed by atoms with Crippen LogP contribution in [-0.2, 0) is 0 Å². The molecule has 1 heterocycles. The zero-order chi connectivity index (χ0) is 19.9. The Labute approximate surface area is 161 Å². The van der Waals surface area contributed by atoms with Crippen molar-refractivity contribution < 1.29 is 14.3 Å². The van der Waals surface area contributed by atoms with E-state index in [1.165, 1.54) is 19.4 Å². The van der Waals surface area contributed by atoms with E-state index in [1.807, 2.05) is 0 Å². The second-order valence-electron chi connectivity index (χ2n) is 5.60. The normalized spacial score (nSPS) is 9.89. The van der Waals surface area contributed by atoms with Gasteiger partial charge in [0.2, 0.25) is 5.95 Å². The van der Waals surface area contributed by atoms with E-state index in [2.05, 4.69) is 26.7 Å².